The first kappa shape index (κ1) is 10.7. The van der Waals surface area contributed by atoms with Crippen molar-refractivity contribution >= 4 is 5.97 Å². The molecule has 2 atom stereocenters. The normalized spacial score (nSPS) is 32.9. The summed E-state index contributed by atoms with van der Waals surface area (Å²) in [4.78, 5) is 10.1. The van der Waals surface area contributed by atoms with Crippen molar-refractivity contribution in [3.8, 4) is 0 Å². The van der Waals surface area contributed by atoms with Gasteiger partial charge in [-0.2, -0.15) is 4.39 Å². The standard InChI is InChI=1S/C7H4F4O3/c8-3-1-2(6(12)13)4(9)5(10)7(3,11)14/h1-2,14H,(H,12,13)/p-1. The third-order valence-corrected chi connectivity index (χ3v) is 1.66. The number of carboxylic acid groups (broad SMARTS) is 1. The molecule has 14 heavy (non-hydrogen) atoms. The van der Waals surface area contributed by atoms with E-state index >= 15 is 0 Å². The quantitative estimate of drug-likeness (QED) is 0.622. The molecule has 3 nitrogen and oxygen atoms in total. The molecule has 1 aliphatic carbocycles. The summed E-state index contributed by atoms with van der Waals surface area (Å²) in [5.41, 5.74) is 0. The van der Waals surface area contributed by atoms with Gasteiger partial charge in [-0.3, -0.25) is 0 Å². The summed E-state index contributed by atoms with van der Waals surface area (Å²) >= 11 is 0. The van der Waals surface area contributed by atoms with E-state index in [1.54, 1.807) is 0 Å². The molecule has 0 aliphatic heterocycles. The number of carbonyl (C=O) groups excluding carboxylic acids is 1. The molecule has 0 aromatic carbocycles. The Morgan fingerprint density at radius 1 is 1.50 bits per heavy atom. The molecular weight excluding hydrogens is 208 g/mol. The highest BCUT2D eigenvalue weighted by molar-refractivity contribution is 5.74. The predicted molar refractivity (Wildman–Crippen MR) is 33.0 cm³/mol. The lowest BCUT2D eigenvalue weighted by molar-refractivity contribution is -0.309. The Morgan fingerprint density at radius 2 is 2.00 bits per heavy atom. The Balaban J connectivity index is 3.23. The number of carbonyl (C=O) groups is 1. The molecule has 2 unspecified atom stereocenters. The van der Waals surface area contributed by atoms with E-state index in [4.69, 9.17) is 5.11 Å². The van der Waals surface area contributed by atoms with Crippen LogP contribution in [0.4, 0.5) is 17.6 Å². The monoisotopic (exact) mass is 211 g/mol. The van der Waals surface area contributed by atoms with E-state index in [9.17, 15) is 27.5 Å². The van der Waals surface area contributed by atoms with E-state index in [0.29, 0.717) is 0 Å². The van der Waals surface area contributed by atoms with E-state index in [1.165, 1.54) is 0 Å². The lowest BCUT2D eigenvalue weighted by atomic mass is 9.97. The van der Waals surface area contributed by atoms with Crippen LogP contribution in [0.1, 0.15) is 0 Å². The molecule has 0 bridgehead atoms. The van der Waals surface area contributed by atoms with Crippen LogP contribution >= 0.6 is 0 Å². The van der Waals surface area contributed by atoms with E-state index < -0.39 is 35.2 Å². The number of alkyl halides is 1. The van der Waals surface area contributed by atoms with Crippen molar-refractivity contribution in [2.75, 3.05) is 0 Å². The highest BCUT2D eigenvalue weighted by atomic mass is 19.2. The zero-order valence-electron chi connectivity index (χ0n) is 6.43. The SMILES string of the molecule is O=C([O-])C1C=C(F)C(O)(F)C(F)=C1F. The van der Waals surface area contributed by atoms with Crippen LogP contribution in [-0.4, -0.2) is 16.9 Å². The summed E-state index contributed by atoms with van der Waals surface area (Å²) in [5.74, 6) is -15.5. The van der Waals surface area contributed by atoms with Crippen molar-refractivity contribution in [2.45, 2.75) is 5.85 Å². The second-order valence-electron chi connectivity index (χ2n) is 2.60. The number of halogens is 4. The van der Waals surface area contributed by atoms with Crippen molar-refractivity contribution in [1.29, 1.82) is 0 Å². The summed E-state index contributed by atoms with van der Waals surface area (Å²) in [6.07, 6.45) is -0.103. The molecule has 7 heteroatoms. The maximum Gasteiger partial charge on any atom is 0.314 e. The fraction of sp³-hybridized carbons (Fsp3) is 0.286. The smallest absolute Gasteiger partial charge is 0.314 e. The molecule has 1 aliphatic rings. The van der Waals surface area contributed by atoms with Crippen LogP contribution in [0.15, 0.2) is 23.6 Å². The Bertz CT molecular complexity index is 345. The number of carboxylic acids is 1. The zero-order valence-corrected chi connectivity index (χ0v) is 6.43. The third kappa shape index (κ3) is 1.39. The molecule has 1 N–H and O–H groups in total. The van der Waals surface area contributed by atoms with Gasteiger partial charge in [0.1, 0.15) is 0 Å². The Kier molecular flexibility index (Phi) is 2.36. The zero-order chi connectivity index (χ0) is 11.1. The van der Waals surface area contributed by atoms with Crippen molar-refractivity contribution < 1.29 is 32.6 Å². The largest absolute Gasteiger partial charge is 0.549 e. The fourth-order valence-electron chi connectivity index (χ4n) is 0.901. The fourth-order valence-corrected chi connectivity index (χ4v) is 0.901. The van der Waals surface area contributed by atoms with Gasteiger partial charge in [-0.1, -0.05) is 0 Å². The highest BCUT2D eigenvalue weighted by Gasteiger charge is 2.46. The molecule has 0 radical (unpaired) electrons. The van der Waals surface area contributed by atoms with E-state index in [0.717, 1.165) is 0 Å². The molecule has 0 aromatic heterocycles. The van der Waals surface area contributed by atoms with Gasteiger partial charge in [-0.15, -0.1) is 0 Å². The molecule has 0 aromatic rings. The summed E-state index contributed by atoms with van der Waals surface area (Å²) in [6, 6.07) is 0. The molecule has 0 saturated carbocycles. The molecule has 1 rings (SSSR count). The van der Waals surface area contributed by atoms with Crippen molar-refractivity contribution in [3.05, 3.63) is 23.6 Å². The second kappa shape index (κ2) is 3.09. The van der Waals surface area contributed by atoms with Gasteiger partial charge in [0.25, 0.3) is 0 Å². The summed E-state index contributed by atoms with van der Waals surface area (Å²) in [6.45, 7) is 0. The van der Waals surface area contributed by atoms with Crippen LogP contribution in [0, 0.1) is 5.92 Å². The number of hydrogen-bond donors (Lipinski definition) is 1. The van der Waals surface area contributed by atoms with Crippen LogP contribution in [0.3, 0.4) is 0 Å². The maximum atomic E-state index is 12.6. The van der Waals surface area contributed by atoms with Gasteiger partial charge in [-0.25, -0.2) is 13.2 Å². The van der Waals surface area contributed by atoms with Gasteiger partial charge in [0.15, 0.2) is 11.7 Å². The number of rotatable bonds is 1. The van der Waals surface area contributed by atoms with Gasteiger partial charge in [0.2, 0.25) is 5.83 Å². The van der Waals surface area contributed by atoms with E-state index in [-0.39, 0.29) is 6.08 Å². The predicted octanol–water partition coefficient (Wildman–Crippen LogP) is 0.0282. The maximum absolute atomic E-state index is 12.6. The first-order chi connectivity index (χ1) is 6.28. The molecule has 0 fully saturated rings. The van der Waals surface area contributed by atoms with E-state index in [2.05, 4.69) is 0 Å². The van der Waals surface area contributed by atoms with Gasteiger partial charge in [0.05, 0.1) is 11.9 Å². The van der Waals surface area contributed by atoms with Crippen LogP contribution in [-0.2, 0) is 4.79 Å². The molecular formula is C7H3F4O3-. The third-order valence-electron chi connectivity index (χ3n) is 1.66. The summed E-state index contributed by atoms with van der Waals surface area (Å²) in [5, 5.41) is 18.5. The van der Waals surface area contributed by atoms with Crippen molar-refractivity contribution in [3.63, 3.8) is 0 Å². The topological polar surface area (TPSA) is 60.4 Å². The van der Waals surface area contributed by atoms with Gasteiger partial charge < -0.3 is 15.0 Å². The minimum absolute atomic E-state index is 0.103. The summed E-state index contributed by atoms with van der Waals surface area (Å²) in [7, 11) is 0. The average molecular weight is 211 g/mol. The van der Waals surface area contributed by atoms with Crippen LogP contribution in [0.2, 0.25) is 0 Å². The van der Waals surface area contributed by atoms with Gasteiger partial charge in [0, 0.05) is 0 Å². The molecule has 0 saturated heterocycles. The minimum atomic E-state index is -4.23. The highest BCUT2D eigenvalue weighted by Crippen LogP contribution is 2.39. The molecule has 0 amide bonds. The van der Waals surface area contributed by atoms with Gasteiger partial charge >= 0.3 is 5.85 Å². The van der Waals surface area contributed by atoms with E-state index in [1.807, 2.05) is 0 Å². The average Bonchev–Trinajstić information content (AvgIpc) is 2.08. The molecule has 0 spiro atoms. The van der Waals surface area contributed by atoms with Crippen LogP contribution in [0.5, 0.6) is 0 Å². The molecule has 0 heterocycles. The second-order valence-corrected chi connectivity index (χ2v) is 2.60. The lowest BCUT2D eigenvalue weighted by Crippen LogP contribution is -2.37. The Labute approximate surface area is 75.0 Å². The first-order valence-corrected chi connectivity index (χ1v) is 3.34. The van der Waals surface area contributed by atoms with Crippen LogP contribution in [0.25, 0.3) is 0 Å². The molecule has 78 valence electrons. The number of aliphatic carboxylic acids is 1. The first-order valence-electron chi connectivity index (χ1n) is 3.34. The Hall–Kier alpha value is -1.37. The summed E-state index contributed by atoms with van der Waals surface area (Å²) < 4.78 is 50.2. The number of aliphatic hydroxyl groups is 1. The number of hydrogen-bond acceptors (Lipinski definition) is 3. The van der Waals surface area contributed by atoms with Crippen molar-refractivity contribution in [2.24, 2.45) is 5.92 Å². The minimum Gasteiger partial charge on any atom is -0.549 e. The van der Waals surface area contributed by atoms with Crippen molar-refractivity contribution in [1.82, 2.24) is 0 Å². The lowest BCUT2D eigenvalue weighted by Gasteiger charge is -2.24. The Morgan fingerprint density at radius 3 is 2.43 bits per heavy atom. The van der Waals surface area contributed by atoms with Crippen LogP contribution < -0.4 is 5.11 Å². The van der Waals surface area contributed by atoms with Gasteiger partial charge in [-0.05, 0) is 6.08 Å².